The van der Waals surface area contributed by atoms with Crippen molar-refractivity contribution < 1.29 is 4.79 Å². The van der Waals surface area contributed by atoms with Crippen molar-refractivity contribution in [2.24, 2.45) is 0 Å². The molecule has 134 valence electrons. The first kappa shape index (κ1) is 17.3. The monoisotopic (exact) mass is 374 g/mol. The zero-order valence-electron chi connectivity index (χ0n) is 15.3. The molecule has 27 heavy (non-hydrogen) atoms. The average molecular weight is 374 g/mol. The zero-order valence-corrected chi connectivity index (χ0v) is 16.1. The van der Waals surface area contributed by atoms with E-state index in [0.29, 0.717) is 10.7 Å². The Morgan fingerprint density at radius 3 is 2.52 bits per heavy atom. The van der Waals surface area contributed by atoms with E-state index in [9.17, 15) is 4.79 Å². The number of hydrogen-bond acceptors (Lipinski definition) is 5. The molecular formula is C21H18N4OS. The lowest BCUT2D eigenvalue weighted by Gasteiger charge is -2.10. The molecule has 0 aliphatic heterocycles. The van der Waals surface area contributed by atoms with Gasteiger partial charge in [0.05, 0.1) is 16.8 Å². The first-order chi connectivity index (χ1) is 13.0. The van der Waals surface area contributed by atoms with Crippen LogP contribution in [0, 0.1) is 20.8 Å². The third kappa shape index (κ3) is 3.44. The third-order valence-corrected chi connectivity index (χ3v) is 5.26. The van der Waals surface area contributed by atoms with E-state index in [1.807, 2.05) is 43.3 Å². The normalized spacial score (nSPS) is 10.9. The van der Waals surface area contributed by atoms with Gasteiger partial charge in [-0.1, -0.05) is 41.7 Å². The van der Waals surface area contributed by atoms with Crippen LogP contribution < -0.4 is 5.32 Å². The number of carbonyl (C=O) groups is 1. The van der Waals surface area contributed by atoms with E-state index >= 15 is 0 Å². The summed E-state index contributed by atoms with van der Waals surface area (Å²) in [6.45, 7) is 6.01. The van der Waals surface area contributed by atoms with E-state index < -0.39 is 0 Å². The van der Waals surface area contributed by atoms with Crippen LogP contribution in [0.3, 0.4) is 0 Å². The van der Waals surface area contributed by atoms with Crippen LogP contribution in [0.4, 0.5) is 5.13 Å². The van der Waals surface area contributed by atoms with Crippen LogP contribution in [0.25, 0.3) is 22.2 Å². The summed E-state index contributed by atoms with van der Waals surface area (Å²) in [5.74, 6) is -0.213. The Labute approximate surface area is 161 Å². The topological polar surface area (TPSA) is 67.8 Å². The number of anilines is 1. The number of aromatic nitrogens is 3. The van der Waals surface area contributed by atoms with Gasteiger partial charge in [0.1, 0.15) is 5.01 Å². The van der Waals surface area contributed by atoms with Crippen LogP contribution in [-0.4, -0.2) is 21.1 Å². The summed E-state index contributed by atoms with van der Waals surface area (Å²) < 4.78 is 0. The third-order valence-electron chi connectivity index (χ3n) is 4.51. The summed E-state index contributed by atoms with van der Waals surface area (Å²) in [6.07, 6.45) is 0. The molecule has 0 spiro atoms. The molecule has 0 atom stereocenters. The van der Waals surface area contributed by atoms with Crippen molar-refractivity contribution in [1.29, 1.82) is 0 Å². The van der Waals surface area contributed by atoms with Crippen molar-refractivity contribution in [1.82, 2.24) is 15.2 Å². The molecular weight excluding hydrogens is 356 g/mol. The highest BCUT2D eigenvalue weighted by Gasteiger charge is 2.16. The molecule has 5 nitrogen and oxygen atoms in total. The second-order valence-electron chi connectivity index (χ2n) is 6.45. The van der Waals surface area contributed by atoms with E-state index in [4.69, 9.17) is 4.98 Å². The molecule has 0 saturated carbocycles. The molecule has 2 aromatic heterocycles. The zero-order chi connectivity index (χ0) is 19.0. The Morgan fingerprint density at radius 1 is 0.963 bits per heavy atom. The van der Waals surface area contributed by atoms with Crippen LogP contribution in [0.15, 0.2) is 48.5 Å². The van der Waals surface area contributed by atoms with Crippen molar-refractivity contribution >= 4 is 33.3 Å². The fourth-order valence-electron chi connectivity index (χ4n) is 2.92. The molecule has 6 heteroatoms. The molecule has 0 fully saturated rings. The van der Waals surface area contributed by atoms with Crippen LogP contribution in [0.2, 0.25) is 0 Å². The predicted molar refractivity (Wildman–Crippen MR) is 109 cm³/mol. The molecule has 0 radical (unpaired) electrons. The predicted octanol–water partition coefficient (Wildman–Crippen LogP) is 4.93. The Kier molecular flexibility index (Phi) is 4.41. The fourth-order valence-corrected chi connectivity index (χ4v) is 3.51. The van der Waals surface area contributed by atoms with Crippen molar-refractivity contribution in [2.45, 2.75) is 20.8 Å². The van der Waals surface area contributed by atoms with Crippen molar-refractivity contribution in [3.8, 4) is 11.3 Å². The number of carbonyl (C=O) groups excluding carboxylic acids is 1. The summed E-state index contributed by atoms with van der Waals surface area (Å²) in [7, 11) is 0. The Balaban J connectivity index is 1.83. The molecule has 1 amide bonds. The molecule has 4 aromatic rings. The number of nitrogens with one attached hydrogen (secondary N) is 1. The largest absolute Gasteiger partial charge is 0.296 e. The number of aryl methyl sites for hydroxylation is 3. The minimum atomic E-state index is -0.213. The second-order valence-corrected chi connectivity index (χ2v) is 7.63. The van der Waals surface area contributed by atoms with E-state index in [1.54, 1.807) is 0 Å². The first-order valence-electron chi connectivity index (χ1n) is 8.60. The summed E-state index contributed by atoms with van der Waals surface area (Å²) in [6, 6.07) is 15.7. The quantitative estimate of drug-likeness (QED) is 0.552. The SMILES string of the molecule is Cc1nnc(NC(=O)c2cc(-c3ccc(C)c(C)c3)nc3ccccc23)s1. The van der Waals surface area contributed by atoms with Crippen molar-refractivity contribution in [2.75, 3.05) is 5.32 Å². The molecule has 0 bridgehead atoms. The highest BCUT2D eigenvalue weighted by molar-refractivity contribution is 7.15. The lowest BCUT2D eigenvalue weighted by molar-refractivity contribution is 0.102. The molecule has 0 aliphatic carbocycles. The van der Waals surface area contributed by atoms with Gasteiger partial charge in [-0.25, -0.2) is 4.98 Å². The number of nitrogens with zero attached hydrogens (tertiary/aromatic N) is 3. The number of hydrogen-bond donors (Lipinski definition) is 1. The summed E-state index contributed by atoms with van der Waals surface area (Å²) in [5, 5.41) is 12.9. The highest BCUT2D eigenvalue weighted by atomic mass is 32.1. The van der Waals surface area contributed by atoms with Gasteiger partial charge in [0, 0.05) is 10.9 Å². The Morgan fingerprint density at radius 2 is 1.78 bits per heavy atom. The van der Waals surface area contributed by atoms with Gasteiger partial charge < -0.3 is 0 Å². The van der Waals surface area contributed by atoms with E-state index in [2.05, 4.69) is 41.5 Å². The summed E-state index contributed by atoms with van der Waals surface area (Å²) >= 11 is 1.35. The molecule has 0 unspecified atom stereocenters. The molecule has 0 saturated heterocycles. The van der Waals surface area contributed by atoms with Gasteiger partial charge >= 0.3 is 0 Å². The second kappa shape index (κ2) is 6.89. The van der Waals surface area contributed by atoms with Gasteiger partial charge in [-0.2, -0.15) is 0 Å². The van der Waals surface area contributed by atoms with Crippen molar-refractivity contribution in [3.05, 3.63) is 70.2 Å². The number of rotatable bonds is 3. The lowest BCUT2D eigenvalue weighted by Crippen LogP contribution is -2.13. The van der Waals surface area contributed by atoms with Crippen molar-refractivity contribution in [3.63, 3.8) is 0 Å². The van der Waals surface area contributed by atoms with E-state index in [1.165, 1.54) is 22.5 Å². The molecule has 1 N–H and O–H groups in total. The Hall–Kier alpha value is -3.12. The van der Waals surface area contributed by atoms with E-state index in [-0.39, 0.29) is 5.91 Å². The van der Waals surface area contributed by atoms with Gasteiger partial charge in [-0.15, -0.1) is 10.2 Å². The maximum Gasteiger partial charge on any atom is 0.258 e. The van der Waals surface area contributed by atoms with Crippen LogP contribution in [-0.2, 0) is 0 Å². The number of fused-ring (bicyclic) bond motifs is 1. The lowest BCUT2D eigenvalue weighted by atomic mass is 10.0. The fraction of sp³-hybridized carbons (Fsp3) is 0.143. The highest BCUT2D eigenvalue weighted by Crippen LogP contribution is 2.27. The smallest absolute Gasteiger partial charge is 0.258 e. The molecule has 4 rings (SSSR count). The first-order valence-corrected chi connectivity index (χ1v) is 9.42. The number of benzene rings is 2. The number of para-hydroxylation sites is 1. The summed E-state index contributed by atoms with van der Waals surface area (Å²) in [5.41, 5.74) is 5.54. The number of pyridine rings is 1. The van der Waals surface area contributed by atoms with Gasteiger partial charge in [-0.05, 0) is 50.1 Å². The molecule has 0 aliphatic rings. The molecule has 2 heterocycles. The van der Waals surface area contributed by atoms with Gasteiger partial charge in [0.25, 0.3) is 5.91 Å². The van der Waals surface area contributed by atoms with E-state index in [0.717, 1.165) is 27.2 Å². The summed E-state index contributed by atoms with van der Waals surface area (Å²) in [4.78, 5) is 17.7. The van der Waals surface area contributed by atoms with Crippen LogP contribution in [0.5, 0.6) is 0 Å². The van der Waals surface area contributed by atoms with Gasteiger partial charge in [0.15, 0.2) is 0 Å². The maximum atomic E-state index is 12.9. The number of amides is 1. The average Bonchev–Trinajstić information content (AvgIpc) is 3.07. The minimum Gasteiger partial charge on any atom is -0.296 e. The van der Waals surface area contributed by atoms with Gasteiger partial charge in [-0.3, -0.25) is 10.1 Å². The van der Waals surface area contributed by atoms with Crippen LogP contribution in [0.1, 0.15) is 26.5 Å². The Bertz CT molecular complexity index is 1170. The molecule has 2 aromatic carbocycles. The van der Waals surface area contributed by atoms with Crippen LogP contribution >= 0.6 is 11.3 Å². The standard InChI is InChI=1S/C21H18N4OS/c1-12-8-9-15(10-13(12)2)19-11-17(16-6-4-5-7-18(16)22-19)20(26)23-21-25-24-14(3)27-21/h4-11H,1-3H3,(H,23,25,26). The maximum absolute atomic E-state index is 12.9. The minimum absolute atomic E-state index is 0.213. The van der Waals surface area contributed by atoms with Gasteiger partial charge in [0.2, 0.25) is 5.13 Å².